The maximum absolute atomic E-state index is 4.78. The summed E-state index contributed by atoms with van der Waals surface area (Å²) in [7, 11) is 1.27. The predicted molar refractivity (Wildman–Crippen MR) is 32.7 cm³/mol. The first kappa shape index (κ1) is 5.57. The lowest BCUT2D eigenvalue weighted by Crippen LogP contribution is -1.96. The molecule has 0 atom stereocenters. The first-order valence-corrected chi connectivity index (χ1v) is 4.18. The third-order valence-electron chi connectivity index (χ3n) is 0.236. The van der Waals surface area contributed by atoms with Crippen LogP contribution in [0.1, 0.15) is 1.43 Å². The molecule has 34 valence electrons. The minimum atomic E-state index is -0.444. The zero-order chi connectivity index (χ0) is 4.12. The van der Waals surface area contributed by atoms with Gasteiger partial charge in [-0.2, -0.15) is 0 Å². The summed E-state index contributed by atoms with van der Waals surface area (Å²) in [5.41, 5.74) is 0. The average Bonchev–Trinajstić information content (AvgIpc) is 1.41. The topological polar surface area (TPSA) is 18.5 Å². The van der Waals surface area contributed by atoms with Crippen LogP contribution in [-0.2, 0) is 8.23 Å². The van der Waals surface area contributed by atoms with E-state index < -0.39 is 10.0 Å². The molecule has 0 unspecified atom stereocenters. The van der Waals surface area contributed by atoms with Gasteiger partial charge in [0.25, 0.3) is 10.0 Å². The second-order valence-electron chi connectivity index (χ2n) is 0.695. The lowest BCUT2D eigenvalue weighted by molar-refractivity contribution is 0.513. The Labute approximate surface area is 41.5 Å². The molecule has 5 heteroatoms. The molecule has 0 radical (unpaired) electrons. The summed E-state index contributed by atoms with van der Waals surface area (Å²) in [5.74, 6) is 0. The lowest BCUT2D eigenvalue weighted by atomic mass is 15.8. The van der Waals surface area contributed by atoms with E-state index in [1.165, 1.54) is 0 Å². The molecule has 0 aliphatic carbocycles. The van der Waals surface area contributed by atoms with Crippen LogP contribution in [0.15, 0.2) is 0 Å². The van der Waals surface area contributed by atoms with Crippen LogP contribution in [0.3, 0.4) is 0 Å². The molecule has 0 fully saturated rings. The van der Waals surface area contributed by atoms with Crippen molar-refractivity contribution in [1.29, 1.82) is 0 Å². The van der Waals surface area contributed by atoms with Crippen LogP contribution in [0, 0.1) is 0 Å². The van der Waals surface area contributed by atoms with Gasteiger partial charge in [0.05, 0.1) is 0 Å². The summed E-state index contributed by atoms with van der Waals surface area (Å²) in [6.45, 7) is 0. The summed E-state index contributed by atoms with van der Waals surface area (Å²) in [6, 6.07) is 0. The summed E-state index contributed by atoms with van der Waals surface area (Å²) in [4.78, 5) is 0. The quantitative estimate of drug-likeness (QED) is 0.363. The molecule has 2 nitrogen and oxygen atoms in total. The van der Waals surface area contributed by atoms with Gasteiger partial charge in [-0.1, -0.05) is 0 Å². The van der Waals surface area contributed by atoms with E-state index in [0.717, 1.165) is 21.0 Å². The fourth-order valence-corrected chi connectivity index (χ4v) is 3.18. The highest BCUT2D eigenvalue weighted by molar-refractivity contribution is 6.33. The molecule has 0 amide bonds. The van der Waals surface area contributed by atoms with Gasteiger partial charge in [0.15, 0.2) is 0 Å². The van der Waals surface area contributed by atoms with Crippen LogP contribution in [0.4, 0.5) is 0 Å². The third kappa shape index (κ3) is 4.57. The van der Waals surface area contributed by atoms with E-state index in [1.54, 1.807) is 0 Å². The molecule has 0 saturated heterocycles. The molecule has 0 spiro atoms. The fraction of sp³-hybridized carbons (Fsp3) is 0. The predicted octanol–water partition coefficient (Wildman–Crippen LogP) is -3.17. The Kier molecular flexibility index (Phi) is 5.09. The van der Waals surface area contributed by atoms with Crippen LogP contribution in [0.25, 0.3) is 0 Å². The van der Waals surface area contributed by atoms with Crippen molar-refractivity contribution in [3.05, 3.63) is 0 Å². The molecule has 5 heavy (non-hydrogen) atoms. The Bertz CT molecular complexity index is 16.3. The molecule has 0 N–H and O–H groups in total. The molecule has 0 aromatic heterocycles. The van der Waals surface area contributed by atoms with Crippen molar-refractivity contribution < 1.29 is 9.66 Å². The lowest BCUT2D eigenvalue weighted by Gasteiger charge is -1.87. The summed E-state index contributed by atoms with van der Waals surface area (Å²) >= 11 is 0. The molecule has 0 aromatic carbocycles. The zero-order valence-electron chi connectivity index (χ0n) is 3.52. The van der Waals surface area contributed by atoms with Crippen LogP contribution in [0.2, 0.25) is 0 Å². The van der Waals surface area contributed by atoms with Gasteiger partial charge in [-0.05, 0) is 0 Å². The Balaban J connectivity index is 0. The normalized spacial score (nSPS) is 12.0. The smallest absolute Gasteiger partial charge is 0.282 e. The average molecular weight is 126 g/mol. The van der Waals surface area contributed by atoms with E-state index in [4.69, 9.17) is 8.23 Å². The number of hydrogen-bond donors (Lipinski definition) is 0. The van der Waals surface area contributed by atoms with Crippen molar-refractivity contribution in [2.24, 2.45) is 0 Å². The van der Waals surface area contributed by atoms with Gasteiger partial charge in [0.1, 0.15) is 21.0 Å². The van der Waals surface area contributed by atoms with Gasteiger partial charge in [-0.3, -0.25) is 0 Å². The first-order valence-electron chi connectivity index (χ1n) is 1.39. The summed E-state index contributed by atoms with van der Waals surface area (Å²) in [6.07, 6.45) is 0. The Morgan fingerprint density at radius 3 is 1.80 bits per heavy atom. The molecule has 0 saturated carbocycles. The standard InChI is InChI=1S/H8O2Si3.H2/c3-1-5-2-4;/h5H2,3-4H3;1H. The molecule has 0 aliphatic rings. The highest BCUT2D eigenvalue weighted by Crippen LogP contribution is 1.52. The van der Waals surface area contributed by atoms with Crippen LogP contribution < -0.4 is 0 Å². The van der Waals surface area contributed by atoms with Crippen molar-refractivity contribution in [2.75, 3.05) is 0 Å². The highest BCUT2D eigenvalue weighted by Gasteiger charge is 1.66. The third-order valence-corrected chi connectivity index (χ3v) is 2.12. The number of rotatable bonds is 2. The van der Waals surface area contributed by atoms with Crippen LogP contribution in [-0.4, -0.2) is 31.0 Å². The molecular formula is H10O2Si3. The van der Waals surface area contributed by atoms with Gasteiger partial charge in [0.2, 0.25) is 0 Å². The van der Waals surface area contributed by atoms with Crippen molar-refractivity contribution in [2.45, 2.75) is 0 Å². The largest absolute Gasteiger partial charge is 0.449 e. The highest BCUT2D eigenvalue weighted by atomic mass is 28.3. The first-order chi connectivity index (χ1) is 2.41. The van der Waals surface area contributed by atoms with Crippen molar-refractivity contribution in [3.63, 3.8) is 0 Å². The van der Waals surface area contributed by atoms with Crippen molar-refractivity contribution in [1.82, 2.24) is 0 Å². The van der Waals surface area contributed by atoms with E-state index in [9.17, 15) is 0 Å². The molecule has 0 heterocycles. The molecular weight excluding hydrogens is 116 g/mol. The minimum Gasteiger partial charge on any atom is -0.449 e. The van der Waals surface area contributed by atoms with Gasteiger partial charge >= 0.3 is 0 Å². The second-order valence-corrected chi connectivity index (χ2v) is 5.55. The molecule has 0 bridgehead atoms. The van der Waals surface area contributed by atoms with Crippen LogP contribution >= 0.6 is 0 Å². The molecule has 0 rings (SSSR count). The second kappa shape index (κ2) is 4.57. The van der Waals surface area contributed by atoms with Gasteiger partial charge < -0.3 is 8.23 Å². The van der Waals surface area contributed by atoms with Gasteiger partial charge in [0, 0.05) is 1.43 Å². The van der Waals surface area contributed by atoms with Gasteiger partial charge in [-0.25, -0.2) is 0 Å². The van der Waals surface area contributed by atoms with E-state index >= 15 is 0 Å². The molecule has 0 aliphatic heterocycles. The fourth-order valence-electron chi connectivity index (χ4n) is 0.118. The monoisotopic (exact) mass is 126 g/mol. The van der Waals surface area contributed by atoms with E-state index in [-0.39, 0.29) is 1.43 Å². The SMILES string of the molecule is [HH].[SiH3]O[SiH2]O[SiH3]. The summed E-state index contributed by atoms with van der Waals surface area (Å²) in [5, 5.41) is 0. The van der Waals surface area contributed by atoms with E-state index in [0.29, 0.717) is 0 Å². The van der Waals surface area contributed by atoms with Crippen molar-refractivity contribution in [3.8, 4) is 0 Å². The van der Waals surface area contributed by atoms with Crippen LogP contribution in [0.5, 0.6) is 0 Å². The van der Waals surface area contributed by atoms with Crippen molar-refractivity contribution >= 4 is 31.0 Å². The minimum absolute atomic E-state index is 0. The molecule has 0 aromatic rings. The van der Waals surface area contributed by atoms with Gasteiger partial charge in [-0.15, -0.1) is 0 Å². The van der Waals surface area contributed by atoms with E-state index in [1.807, 2.05) is 0 Å². The van der Waals surface area contributed by atoms with E-state index in [2.05, 4.69) is 0 Å². The Morgan fingerprint density at radius 2 is 1.80 bits per heavy atom. The Morgan fingerprint density at radius 1 is 1.40 bits per heavy atom. The number of hydrogen-bond acceptors (Lipinski definition) is 2. The maximum Gasteiger partial charge on any atom is 0.282 e. The summed E-state index contributed by atoms with van der Waals surface area (Å²) < 4.78 is 9.56. The Hall–Kier alpha value is 0.571. The maximum atomic E-state index is 4.78. The zero-order valence-corrected chi connectivity index (χ0v) is 8.94.